The third-order valence-corrected chi connectivity index (χ3v) is 4.91. The average molecular weight is 316 g/mol. The highest BCUT2D eigenvalue weighted by Crippen LogP contribution is 2.37. The zero-order valence-corrected chi connectivity index (χ0v) is 13.3. The van der Waals surface area contributed by atoms with Gasteiger partial charge >= 0.3 is 5.97 Å². The zero-order valence-electron chi connectivity index (χ0n) is 13.3. The number of hydrogen-bond acceptors (Lipinski definition) is 5. The van der Waals surface area contributed by atoms with Crippen LogP contribution in [0.25, 0.3) is 5.57 Å². The summed E-state index contributed by atoms with van der Waals surface area (Å²) in [6.07, 6.45) is 6.51. The van der Waals surface area contributed by atoms with Gasteiger partial charge in [0.1, 0.15) is 0 Å². The van der Waals surface area contributed by atoms with Crippen LogP contribution >= 0.6 is 0 Å². The summed E-state index contributed by atoms with van der Waals surface area (Å²) < 4.78 is 4.72. The fourth-order valence-electron chi connectivity index (χ4n) is 3.59. The molecule has 6 nitrogen and oxygen atoms in total. The fraction of sp³-hybridized carbons (Fsp3) is 0.471. The van der Waals surface area contributed by atoms with Crippen LogP contribution in [0.1, 0.15) is 41.6 Å². The number of esters is 1. The second-order valence-electron chi connectivity index (χ2n) is 6.23. The number of non-ortho nitro benzene ring substituents is 1. The van der Waals surface area contributed by atoms with E-state index in [2.05, 4.69) is 18.0 Å². The number of carbonyl (C=O) groups is 1. The van der Waals surface area contributed by atoms with Crippen LogP contribution in [0.2, 0.25) is 0 Å². The first-order valence-electron chi connectivity index (χ1n) is 7.80. The monoisotopic (exact) mass is 316 g/mol. The quantitative estimate of drug-likeness (QED) is 0.487. The first-order valence-corrected chi connectivity index (χ1v) is 7.80. The molecule has 0 spiro atoms. The molecule has 2 atom stereocenters. The van der Waals surface area contributed by atoms with E-state index < -0.39 is 10.9 Å². The van der Waals surface area contributed by atoms with Crippen LogP contribution < -0.4 is 0 Å². The lowest BCUT2D eigenvalue weighted by atomic mass is 9.83. The molecule has 2 heterocycles. The Kier molecular flexibility index (Phi) is 4.17. The summed E-state index contributed by atoms with van der Waals surface area (Å²) in [5, 5.41) is 11.2. The average Bonchev–Trinajstić information content (AvgIpc) is 2.53. The van der Waals surface area contributed by atoms with Gasteiger partial charge in [-0.1, -0.05) is 12.5 Å². The maximum atomic E-state index is 11.8. The molecule has 0 saturated carbocycles. The Hall–Kier alpha value is -2.21. The molecule has 122 valence electrons. The number of rotatable bonds is 3. The minimum Gasteiger partial charge on any atom is -0.465 e. The first kappa shape index (κ1) is 15.7. The minimum atomic E-state index is -0.552. The number of nitro groups is 1. The van der Waals surface area contributed by atoms with Gasteiger partial charge in [0.15, 0.2) is 0 Å². The summed E-state index contributed by atoms with van der Waals surface area (Å²) in [6.45, 7) is 0. The molecule has 1 fully saturated rings. The molecule has 2 aliphatic heterocycles. The second-order valence-corrected chi connectivity index (χ2v) is 6.23. The van der Waals surface area contributed by atoms with Crippen molar-refractivity contribution < 1.29 is 14.5 Å². The number of nitrogens with zero attached hydrogens (tertiary/aromatic N) is 2. The molecule has 0 amide bonds. The molecule has 0 aromatic heterocycles. The SMILES string of the molecule is COC(=O)c1cc(C2=CC3CCCC(C2)N3C)cc([N+](=O)[O-])c1. The van der Waals surface area contributed by atoms with Crippen LogP contribution in [-0.4, -0.2) is 42.0 Å². The summed E-state index contributed by atoms with van der Waals surface area (Å²) in [6, 6.07) is 5.37. The van der Waals surface area contributed by atoms with E-state index in [4.69, 9.17) is 4.74 Å². The van der Waals surface area contributed by atoms with Crippen LogP contribution in [0.3, 0.4) is 0 Å². The molecule has 0 N–H and O–H groups in total. The topological polar surface area (TPSA) is 72.7 Å². The molecule has 2 unspecified atom stereocenters. The molecule has 1 saturated heterocycles. The van der Waals surface area contributed by atoms with Crippen molar-refractivity contribution in [3.05, 3.63) is 45.5 Å². The Morgan fingerprint density at radius 1 is 1.35 bits per heavy atom. The highest BCUT2D eigenvalue weighted by atomic mass is 16.6. The smallest absolute Gasteiger partial charge is 0.338 e. The normalized spacial score (nSPS) is 24.0. The number of methoxy groups -OCH3 is 1. The lowest BCUT2D eigenvalue weighted by Gasteiger charge is -2.42. The molecule has 23 heavy (non-hydrogen) atoms. The van der Waals surface area contributed by atoms with E-state index >= 15 is 0 Å². The van der Waals surface area contributed by atoms with Crippen molar-refractivity contribution in [1.82, 2.24) is 4.90 Å². The molecule has 1 aromatic rings. The predicted molar refractivity (Wildman–Crippen MR) is 86.2 cm³/mol. The molecule has 6 heteroatoms. The van der Waals surface area contributed by atoms with Gasteiger partial charge in [-0.3, -0.25) is 15.0 Å². The molecule has 2 aliphatic rings. The molecule has 0 radical (unpaired) electrons. The summed E-state index contributed by atoms with van der Waals surface area (Å²) in [5.74, 6) is -0.552. The molecule has 1 aromatic carbocycles. The van der Waals surface area contributed by atoms with Gasteiger partial charge in [0.25, 0.3) is 5.69 Å². The number of fused-ring (bicyclic) bond motifs is 2. The van der Waals surface area contributed by atoms with Crippen LogP contribution in [0.4, 0.5) is 5.69 Å². The first-order chi connectivity index (χ1) is 11.0. The van der Waals surface area contributed by atoms with Crippen LogP contribution in [0.15, 0.2) is 24.3 Å². The molecular weight excluding hydrogens is 296 g/mol. The van der Waals surface area contributed by atoms with Crippen LogP contribution in [-0.2, 0) is 4.74 Å². The van der Waals surface area contributed by atoms with Crippen molar-refractivity contribution in [2.45, 2.75) is 37.8 Å². The number of piperidine rings is 1. The molecule has 2 bridgehead atoms. The maximum absolute atomic E-state index is 11.8. The number of benzene rings is 1. The van der Waals surface area contributed by atoms with Crippen molar-refractivity contribution in [2.75, 3.05) is 14.2 Å². The van der Waals surface area contributed by atoms with Crippen LogP contribution in [0, 0.1) is 10.1 Å². The minimum absolute atomic E-state index is 0.0760. The Balaban J connectivity index is 2.03. The van der Waals surface area contributed by atoms with E-state index in [9.17, 15) is 14.9 Å². The summed E-state index contributed by atoms with van der Waals surface area (Å²) in [5.41, 5.74) is 1.99. The van der Waals surface area contributed by atoms with Gasteiger partial charge in [-0.2, -0.15) is 0 Å². The third-order valence-electron chi connectivity index (χ3n) is 4.91. The van der Waals surface area contributed by atoms with Crippen molar-refractivity contribution in [2.24, 2.45) is 0 Å². The van der Waals surface area contributed by atoms with Crippen molar-refractivity contribution in [3.8, 4) is 0 Å². The van der Waals surface area contributed by atoms with E-state index in [1.165, 1.54) is 19.6 Å². The van der Waals surface area contributed by atoms with E-state index in [0.29, 0.717) is 12.1 Å². The predicted octanol–water partition coefficient (Wildman–Crippen LogP) is 3.02. The lowest BCUT2D eigenvalue weighted by Crippen LogP contribution is -2.45. The number of nitro benzene ring substituents is 1. The number of likely N-dealkylation sites (N-methyl/N-ethyl adjacent to an activating group) is 1. The van der Waals surface area contributed by atoms with Gasteiger partial charge in [0.2, 0.25) is 0 Å². The van der Waals surface area contributed by atoms with Gasteiger partial charge in [-0.25, -0.2) is 4.79 Å². The summed E-state index contributed by atoms with van der Waals surface area (Å²) in [7, 11) is 3.41. The number of ether oxygens (including phenoxy) is 1. The van der Waals surface area contributed by atoms with Crippen molar-refractivity contribution in [1.29, 1.82) is 0 Å². The number of hydrogen-bond donors (Lipinski definition) is 0. The van der Waals surface area contributed by atoms with Crippen molar-refractivity contribution >= 4 is 17.2 Å². The van der Waals surface area contributed by atoms with E-state index in [1.807, 2.05) is 0 Å². The number of carbonyl (C=O) groups excluding carboxylic acids is 1. The van der Waals surface area contributed by atoms with Crippen LogP contribution in [0.5, 0.6) is 0 Å². The highest BCUT2D eigenvalue weighted by Gasteiger charge is 2.32. The Morgan fingerprint density at radius 3 is 2.78 bits per heavy atom. The lowest BCUT2D eigenvalue weighted by molar-refractivity contribution is -0.384. The van der Waals surface area contributed by atoms with E-state index in [0.717, 1.165) is 30.4 Å². The Morgan fingerprint density at radius 2 is 2.13 bits per heavy atom. The van der Waals surface area contributed by atoms with E-state index in [1.54, 1.807) is 12.1 Å². The maximum Gasteiger partial charge on any atom is 0.338 e. The van der Waals surface area contributed by atoms with Gasteiger partial charge < -0.3 is 4.74 Å². The fourth-order valence-corrected chi connectivity index (χ4v) is 3.59. The largest absolute Gasteiger partial charge is 0.465 e. The molecular formula is C17H20N2O4. The Bertz CT molecular complexity index is 683. The van der Waals surface area contributed by atoms with E-state index in [-0.39, 0.29) is 11.3 Å². The second kappa shape index (κ2) is 6.12. The van der Waals surface area contributed by atoms with Gasteiger partial charge in [-0.05, 0) is 43.5 Å². The highest BCUT2D eigenvalue weighted by molar-refractivity contribution is 5.91. The molecule has 3 rings (SSSR count). The molecule has 0 aliphatic carbocycles. The summed E-state index contributed by atoms with van der Waals surface area (Å²) >= 11 is 0. The van der Waals surface area contributed by atoms with Gasteiger partial charge in [0, 0.05) is 24.2 Å². The van der Waals surface area contributed by atoms with Gasteiger partial charge in [-0.15, -0.1) is 0 Å². The van der Waals surface area contributed by atoms with Gasteiger partial charge in [0.05, 0.1) is 17.6 Å². The summed E-state index contributed by atoms with van der Waals surface area (Å²) in [4.78, 5) is 24.9. The van der Waals surface area contributed by atoms with Crippen molar-refractivity contribution in [3.63, 3.8) is 0 Å². The standard InChI is InChI=1S/C17H20N2O4/c1-18-14-4-3-5-15(18)8-12(7-14)11-6-13(17(20)23-2)10-16(9-11)19(21)22/h6-7,9-10,14-15H,3-5,8H2,1-2H3. The third kappa shape index (κ3) is 2.99. The Labute approximate surface area is 134 Å². The zero-order chi connectivity index (χ0) is 16.6.